The van der Waals surface area contributed by atoms with Crippen molar-refractivity contribution in [2.75, 3.05) is 39.5 Å². The summed E-state index contributed by atoms with van der Waals surface area (Å²) in [7, 11) is 0. The maximum atomic E-state index is 8.55. The molecule has 1 saturated carbocycles. The molecule has 0 saturated heterocycles. The van der Waals surface area contributed by atoms with Gasteiger partial charge < -0.3 is 14.7 Å². The number of hydrogen-bond donors (Lipinski definition) is 1. The Bertz CT molecular complexity index is 137. The highest BCUT2D eigenvalue weighted by Crippen LogP contribution is 2.29. The van der Waals surface area contributed by atoms with E-state index in [1.165, 1.54) is 32.4 Å². The highest BCUT2D eigenvalue weighted by Gasteiger charge is 2.23. The van der Waals surface area contributed by atoms with Gasteiger partial charge in [-0.25, -0.2) is 0 Å². The number of ether oxygens (including phenoxy) is 1. The van der Waals surface area contributed by atoms with Crippen LogP contribution in [0.3, 0.4) is 0 Å². The van der Waals surface area contributed by atoms with E-state index in [2.05, 4.69) is 11.8 Å². The van der Waals surface area contributed by atoms with Gasteiger partial charge in [-0.05, 0) is 31.7 Å². The van der Waals surface area contributed by atoms with Crippen LogP contribution in [0.2, 0.25) is 0 Å². The average Bonchev–Trinajstić information content (AvgIpc) is 2.96. The summed E-state index contributed by atoms with van der Waals surface area (Å²) in [6, 6.07) is 0. The molecular weight excluding hydrogens is 178 g/mol. The zero-order chi connectivity index (χ0) is 10.2. The summed E-state index contributed by atoms with van der Waals surface area (Å²) >= 11 is 0. The Kier molecular flexibility index (Phi) is 6.15. The molecule has 0 spiro atoms. The first-order valence-electron chi connectivity index (χ1n) is 5.77. The molecule has 0 aromatic heterocycles. The van der Waals surface area contributed by atoms with Crippen LogP contribution in [0.5, 0.6) is 0 Å². The highest BCUT2D eigenvalue weighted by molar-refractivity contribution is 4.77. The van der Waals surface area contributed by atoms with Crippen molar-refractivity contribution in [3.63, 3.8) is 0 Å². The van der Waals surface area contributed by atoms with Crippen molar-refractivity contribution < 1.29 is 9.84 Å². The second-order valence-electron chi connectivity index (χ2n) is 4.08. The smallest absolute Gasteiger partial charge is 0.0698 e. The van der Waals surface area contributed by atoms with E-state index in [-0.39, 0.29) is 6.61 Å². The minimum Gasteiger partial charge on any atom is -0.394 e. The Morgan fingerprint density at radius 1 is 1.29 bits per heavy atom. The van der Waals surface area contributed by atoms with Gasteiger partial charge in [0, 0.05) is 13.1 Å². The standard InChI is InChI=1S/C11H23NO2/c1-2-5-12(10-11-3-4-11)6-8-14-9-7-13/h11,13H,2-10H2,1H3. The van der Waals surface area contributed by atoms with E-state index >= 15 is 0 Å². The van der Waals surface area contributed by atoms with Crippen LogP contribution in [0.4, 0.5) is 0 Å². The van der Waals surface area contributed by atoms with Gasteiger partial charge in [0.15, 0.2) is 0 Å². The summed E-state index contributed by atoms with van der Waals surface area (Å²) in [5.74, 6) is 0.958. The number of aliphatic hydroxyl groups excluding tert-OH is 1. The van der Waals surface area contributed by atoms with E-state index in [4.69, 9.17) is 9.84 Å². The van der Waals surface area contributed by atoms with E-state index in [1.807, 2.05) is 0 Å². The summed E-state index contributed by atoms with van der Waals surface area (Å²) in [6.07, 6.45) is 4.04. The van der Waals surface area contributed by atoms with Gasteiger partial charge in [-0.3, -0.25) is 0 Å². The fraction of sp³-hybridized carbons (Fsp3) is 1.00. The average molecular weight is 201 g/mol. The SMILES string of the molecule is CCCN(CCOCCO)CC1CC1. The van der Waals surface area contributed by atoms with E-state index in [9.17, 15) is 0 Å². The molecule has 0 unspecified atom stereocenters. The Morgan fingerprint density at radius 3 is 2.64 bits per heavy atom. The fourth-order valence-electron chi connectivity index (χ4n) is 1.64. The minimum absolute atomic E-state index is 0.135. The summed E-state index contributed by atoms with van der Waals surface area (Å²) in [4.78, 5) is 2.48. The Hall–Kier alpha value is -0.120. The lowest BCUT2D eigenvalue weighted by Gasteiger charge is -2.21. The van der Waals surface area contributed by atoms with Gasteiger partial charge in [-0.1, -0.05) is 6.92 Å². The minimum atomic E-state index is 0.135. The number of rotatable bonds is 9. The van der Waals surface area contributed by atoms with Crippen LogP contribution in [0, 0.1) is 5.92 Å². The predicted molar refractivity (Wildman–Crippen MR) is 57.4 cm³/mol. The normalized spacial score (nSPS) is 16.5. The Morgan fingerprint density at radius 2 is 2.07 bits per heavy atom. The van der Waals surface area contributed by atoms with Crippen LogP contribution in [-0.4, -0.2) is 49.5 Å². The maximum Gasteiger partial charge on any atom is 0.0698 e. The number of nitrogens with zero attached hydrogens (tertiary/aromatic N) is 1. The van der Waals surface area contributed by atoms with Crippen LogP contribution in [0.15, 0.2) is 0 Å². The van der Waals surface area contributed by atoms with Crippen molar-refractivity contribution in [1.82, 2.24) is 4.90 Å². The molecule has 1 fully saturated rings. The number of aliphatic hydroxyl groups is 1. The van der Waals surface area contributed by atoms with Crippen LogP contribution in [0.25, 0.3) is 0 Å². The molecule has 0 aliphatic heterocycles. The van der Waals surface area contributed by atoms with Crippen molar-refractivity contribution in [2.24, 2.45) is 5.92 Å². The molecule has 3 nitrogen and oxygen atoms in total. The van der Waals surface area contributed by atoms with Gasteiger partial charge in [0.1, 0.15) is 0 Å². The molecular formula is C11H23NO2. The third-order valence-electron chi connectivity index (χ3n) is 2.54. The van der Waals surface area contributed by atoms with Crippen LogP contribution < -0.4 is 0 Å². The molecule has 1 N–H and O–H groups in total. The Balaban J connectivity index is 2.01. The van der Waals surface area contributed by atoms with E-state index < -0.39 is 0 Å². The summed E-state index contributed by atoms with van der Waals surface area (Å²) in [6.45, 7) is 7.03. The van der Waals surface area contributed by atoms with Gasteiger partial charge in [-0.15, -0.1) is 0 Å². The molecule has 1 aliphatic carbocycles. The first-order valence-corrected chi connectivity index (χ1v) is 5.77. The summed E-state index contributed by atoms with van der Waals surface area (Å²) in [5, 5.41) is 8.55. The molecule has 14 heavy (non-hydrogen) atoms. The van der Waals surface area contributed by atoms with Crippen LogP contribution >= 0.6 is 0 Å². The molecule has 84 valence electrons. The van der Waals surface area contributed by atoms with Gasteiger partial charge in [-0.2, -0.15) is 0 Å². The lowest BCUT2D eigenvalue weighted by molar-refractivity contribution is 0.0726. The van der Waals surface area contributed by atoms with E-state index in [0.29, 0.717) is 6.61 Å². The third kappa shape index (κ3) is 5.58. The lowest BCUT2D eigenvalue weighted by Crippen LogP contribution is -2.30. The first-order chi connectivity index (χ1) is 6.86. The molecule has 0 atom stereocenters. The topological polar surface area (TPSA) is 32.7 Å². The monoisotopic (exact) mass is 201 g/mol. The first kappa shape index (κ1) is 12.0. The molecule has 0 radical (unpaired) electrons. The van der Waals surface area contributed by atoms with Gasteiger partial charge in [0.25, 0.3) is 0 Å². The van der Waals surface area contributed by atoms with Crippen molar-refractivity contribution in [1.29, 1.82) is 0 Å². The molecule has 1 rings (SSSR count). The second kappa shape index (κ2) is 7.21. The van der Waals surface area contributed by atoms with E-state index in [0.717, 1.165) is 19.1 Å². The van der Waals surface area contributed by atoms with Crippen molar-refractivity contribution in [3.8, 4) is 0 Å². The van der Waals surface area contributed by atoms with Crippen LogP contribution in [0.1, 0.15) is 26.2 Å². The van der Waals surface area contributed by atoms with Crippen molar-refractivity contribution >= 4 is 0 Å². The zero-order valence-electron chi connectivity index (χ0n) is 9.24. The molecule has 0 amide bonds. The van der Waals surface area contributed by atoms with Crippen molar-refractivity contribution in [2.45, 2.75) is 26.2 Å². The Labute approximate surface area is 87.1 Å². The fourth-order valence-corrected chi connectivity index (χ4v) is 1.64. The molecule has 1 aliphatic rings. The lowest BCUT2D eigenvalue weighted by atomic mass is 10.3. The van der Waals surface area contributed by atoms with Gasteiger partial charge >= 0.3 is 0 Å². The maximum absolute atomic E-state index is 8.55. The molecule has 0 bridgehead atoms. The van der Waals surface area contributed by atoms with E-state index in [1.54, 1.807) is 0 Å². The van der Waals surface area contributed by atoms with Crippen LogP contribution in [-0.2, 0) is 4.74 Å². The number of hydrogen-bond acceptors (Lipinski definition) is 3. The largest absolute Gasteiger partial charge is 0.394 e. The summed E-state index contributed by atoms with van der Waals surface area (Å²) in [5.41, 5.74) is 0. The van der Waals surface area contributed by atoms with Gasteiger partial charge in [0.2, 0.25) is 0 Å². The molecule has 0 aromatic rings. The summed E-state index contributed by atoms with van der Waals surface area (Å²) < 4.78 is 5.27. The third-order valence-corrected chi connectivity index (χ3v) is 2.54. The quantitative estimate of drug-likeness (QED) is 0.567. The van der Waals surface area contributed by atoms with Gasteiger partial charge in [0.05, 0.1) is 19.8 Å². The second-order valence-corrected chi connectivity index (χ2v) is 4.08. The zero-order valence-corrected chi connectivity index (χ0v) is 9.24. The molecule has 3 heteroatoms. The molecule has 0 heterocycles. The predicted octanol–water partition coefficient (Wildman–Crippen LogP) is 1.12. The highest BCUT2D eigenvalue weighted by atomic mass is 16.5. The van der Waals surface area contributed by atoms with Crippen molar-refractivity contribution in [3.05, 3.63) is 0 Å². The molecule has 0 aromatic carbocycles.